The Morgan fingerprint density at radius 3 is 1.83 bits per heavy atom. The molecule has 0 amide bonds. The summed E-state index contributed by atoms with van der Waals surface area (Å²) in [5, 5.41) is 17.5. The maximum Gasteiger partial charge on any atom is 0.310 e. The van der Waals surface area contributed by atoms with Crippen molar-refractivity contribution >= 4 is 23.9 Å². The van der Waals surface area contributed by atoms with Crippen molar-refractivity contribution in [3.8, 4) is 0 Å². The van der Waals surface area contributed by atoms with E-state index in [1.54, 1.807) is 0 Å². The summed E-state index contributed by atoms with van der Waals surface area (Å²) in [4.78, 5) is 44.0. The highest BCUT2D eigenvalue weighted by atomic mass is 16.5. The molecule has 0 heterocycles. The Morgan fingerprint density at radius 2 is 1.50 bits per heavy atom. The average molecular weight is 262 g/mol. The fourth-order valence-electron chi connectivity index (χ4n) is 1.39. The van der Waals surface area contributed by atoms with Crippen LogP contribution in [0.15, 0.2) is 0 Å². The average Bonchev–Trinajstić information content (AvgIpc) is 2.31. The van der Waals surface area contributed by atoms with E-state index in [4.69, 9.17) is 10.2 Å². The van der Waals surface area contributed by atoms with Crippen molar-refractivity contribution in [2.45, 2.75) is 12.8 Å². The molecule has 0 aromatic heterocycles. The van der Waals surface area contributed by atoms with Gasteiger partial charge in [-0.3, -0.25) is 19.2 Å². The summed E-state index contributed by atoms with van der Waals surface area (Å²) in [6.07, 6.45) is -1.33. The molecule has 0 aromatic rings. The molecule has 8 heteroatoms. The van der Waals surface area contributed by atoms with Gasteiger partial charge in [0.1, 0.15) is 0 Å². The molecule has 0 radical (unpaired) electrons. The highest BCUT2D eigenvalue weighted by molar-refractivity contribution is 5.87. The van der Waals surface area contributed by atoms with E-state index in [-0.39, 0.29) is 0 Å². The zero-order chi connectivity index (χ0) is 14.3. The molecule has 0 rings (SSSR count). The first-order valence-corrected chi connectivity index (χ1v) is 4.92. The fraction of sp³-hybridized carbons (Fsp3) is 0.600. The standard InChI is InChI=1S/C10H14O8/c1-17-8(13)4-6(10(16)18-2)5(9(14)15)3-7(11)12/h5-6H,3-4H2,1-2H3,(H,11,12)(H,14,15). The van der Waals surface area contributed by atoms with Gasteiger partial charge < -0.3 is 19.7 Å². The highest BCUT2D eigenvalue weighted by Crippen LogP contribution is 2.22. The fourth-order valence-corrected chi connectivity index (χ4v) is 1.39. The topological polar surface area (TPSA) is 127 Å². The Kier molecular flexibility index (Phi) is 6.40. The van der Waals surface area contributed by atoms with Crippen molar-refractivity contribution in [1.82, 2.24) is 0 Å². The summed E-state index contributed by atoms with van der Waals surface area (Å²) in [7, 11) is 2.09. The van der Waals surface area contributed by atoms with Gasteiger partial charge in [0.15, 0.2) is 0 Å². The van der Waals surface area contributed by atoms with Crippen LogP contribution in [0.4, 0.5) is 0 Å². The van der Waals surface area contributed by atoms with Crippen LogP contribution in [-0.2, 0) is 28.7 Å². The zero-order valence-electron chi connectivity index (χ0n) is 9.91. The summed E-state index contributed by atoms with van der Waals surface area (Å²) in [6.45, 7) is 0. The minimum absolute atomic E-state index is 0.548. The van der Waals surface area contributed by atoms with Crippen LogP contribution in [0, 0.1) is 11.8 Å². The van der Waals surface area contributed by atoms with Crippen LogP contribution in [0.3, 0.4) is 0 Å². The van der Waals surface area contributed by atoms with Crippen molar-refractivity contribution in [3.63, 3.8) is 0 Å². The van der Waals surface area contributed by atoms with E-state index in [1.807, 2.05) is 0 Å². The number of rotatable bonds is 7. The molecule has 0 fully saturated rings. The number of methoxy groups -OCH3 is 2. The second-order valence-electron chi connectivity index (χ2n) is 3.45. The largest absolute Gasteiger partial charge is 0.481 e. The number of aliphatic carboxylic acids is 2. The van der Waals surface area contributed by atoms with Crippen LogP contribution in [0.1, 0.15) is 12.8 Å². The zero-order valence-corrected chi connectivity index (χ0v) is 9.91. The Bertz CT molecular complexity index is 348. The number of carbonyl (C=O) groups is 4. The normalized spacial score (nSPS) is 13.2. The molecule has 102 valence electrons. The molecule has 18 heavy (non-hydrogen) atoms. The van der Waals surface area contributed by atoms with E-state index in [0.29, 0.717) is 0 Å². The lowest BCUT2D eigenvalue weighted by molar-refractivity contribution is -0.162. The van der Waals surface area contributed by atoms with Gasteiger partial charge in [-0.15, -0.1) is 0 Å². The maximum absolute atomic E-state index is 11.4. The highest BCUT2D eigenvalue weighted by Gasteiger charge is 2.38. The Balaban J connectivity index is 5.09. The summed E-state index contributed by atoms with van der Waals surface area (Å²) in [6, 6.07) is 0. The molecular weight excluding hydrogens is 248 g/mol. The second-order valence-corrected chi connectivity index (χ2v) is 3.45. The summed E-state index contributed by atoms with van der Waals surface area (Å²) in [5.74, 6) is -7.60. The van der Waals surface area contributed by atoms with Crippen molar-refractivity contribution in [3.05, 3.63) is 0 Å². The predicted molar refractivity (Wildman–Crippen MR) is 55.5 cm³/mol. The molecule has 0 spiro atoms. The number of ether oxygens (including phenoxy) is 2. The third kappa shape index (κ3) is 4.81. The van der Waals surface area contributed by atoms with E-state index >= 15 is 0 Å². The van der Waals surface area contributed by atoms with Crippen LogP contribution >= 0.6 is 0 Å². The molecule has 0 aliphatic heterocycles. The number of carbonyl (C=O) groups excluding carboxylic acids is 2. The molecule has 2 N–H and O–H groups in total. The molecule has 0 aromatic carbocycles. The first-order chi connectivity index (χ1) is 8.33. The molecule has 0 aliphatic rings. The third-order valence-corrected chi connectivity index (χ3v) is 2.32. The van der Waals surface area contributed by atoms with E-state index in [1.165, 1.54) is 0 Å². The van der Waals surface area contributed by atoms with Gasteiger partial charge in [0.25, 0.3) is 0 Å². The molecular formula is C10H14O8. The van der Waals surface area contributed by atoms with Crippen molar-refractivity contribution in [2.75, 3.05) is 14.2 Å². The lowest BCUT2D eigenvalue weighted by atomic mass is 9.87. The van der Waals surface area contributed by atoms with Crippen molar-refractivity contribution < 1.29 is 38.9 Å². The van der Waals surface area contributed by atoms with Crippen LogP contribution in [0.25, 0.3) is 0 Å². The molecule has 0 saturated heterocycles. The summed E-state index contributed by atoms with van der Waals surface area (Å²) < 4.78 is 8.69. The Labute approximate surface area is 102 Å². The third-order valence-electron chi connectivity index (χ3n) is 2.32. The predicted octanol–water partition coefficient (Wildman–Crippen LogP) is -0.486. The Morgan fingerprint density at radius 1 is 0.944 bits per heavy atom. The first-order valence-electron chi connectivity index (χ1n) is 4.92. The molecule has 0 bridgehead atoms. The van der Waals surface area contributed by atoms with Crippen molar-refractivity contribution in [2.24, 2.45) is 11.8 Å². The first kappa shape index (κ1) is 15.9. The van der Waals surface area contributed by atoms with Crippen LogP contribution in [0.2, 0.25) is 0 Å². The lowest BCUT2D eigenvalue weighted by Gasteiger charge is -2.19. The van der Waals surface area contributed by atoms with E-state index in [9.17, 15) is 19.2 Å². The van der Waals surface area contributed by atoms with Gasteiger partial charge in [-0.25, -0.2) is 0 Å². The van der Waals surface area contributed by atoms with Crippen LogP contribution in [0.5, 0.6) is 0 Å². The summed E-state index contributed by atoms with van der Waals surface area (Å²) in [5.41, 5.74) is 0. The van der Waals surface area contributed by atoms with Gasteiger partial charge in [0, 0.05) is 0 Å². The lowest BCUT2D eigenvalue weighted by Crippen LogP contribution is -2.34. The number of esters is 2. The summed E-state index contributed by atoms with van der Waals surface area (Å²) >= 11 is 0. The van der Waals surface area contributed by atoms with Gasteiger partial charge in [-0.2, -0.15) is 0 Å². The molecule has 0 saturated carbocycles. The molecule has 8 nitrogen and oxygen atoms in total. The number of hydrogen-bond donors (Lipinski definition) is 2. The monoisotopic (exact) mass is 262 g/mol. The minimum Gasteiger partial charge on any atom is -0.481 e. The maximum atomic E-state index is 11.4. The van der Waals surface area contributed by atoms with Crippen molar-refractivity contribution in [1.29, 1.82) is 0 Å². The number of hydrogen-bond acceptors (Lipinski definition) is 6. The van der Waals surface area contributed by atoms with Gasteiger partial charge in [-0.1, -0.05) is 0 Å². The SMILES string of the molecule is COC(=O)CC(C(=O)OC)C(CC(=O)O)C(=O)O. The van der Waals surface area contributed by atoms with Gasteiger partial charge in [0.2, 0.25) is 0 Å². The smallest absolute Gasteiger partial charge is 0.310 e. The van der Waals surface area contributed by atoms with Gasteiger partial charge in [-0.05, 0) is 0 Å². The minimum atomic E-state index is -1.55. The van der Waals surface area contributed by atoms with Gasteiger partial charge in [0.05, 0.1) is 38.9 Å². The Hall–Kier alpha value is -2.12. The quantitative estimate of drug-likeness (QED) is 0.588. The number of carboxylic acids is 2. The number of carboxylic acid groups (broad SMARTS) is 2. The second kappa shape index (κ2) is 7.25. The molecule has 2 unspecified atom stereocenters. The van der Waals surface area contributed by atoms with Crippen LogP contribution in [-0.4, -0.2) is 48.3 Å². The molecule has 0 aliphatic carbocycles. The molecule has 2 atom stereocenters. The van der Waals surface area contributed by atoms with Crippen LogP contribution < -0.4 is 0 Å². The van der Waals surface area contributed by atoms with E-state index in [2.05, 4.69) is 9.47 Å². The van der Waals surface area contributed by atoms with E-state index in [0.717, 1.165) is 14.2 Å². The van der Waals surface area contributed by atoms with Gasteiger partial charge >= 0.3 is 23.9 Å². The van der Waals surface area contributed by atoms with E-state index < -0.39 is 48.6 Å².